The number of hydrogen-bond acceptors (Lipinski definition) is 4. The van der Waals surface area contributed by atoms with Crippen LogP contribution in [0.4, 0.5) is 17.6 Å². The molecule has 76 heavy (non-hydrogen) atoms. The van der Waals surface area contributed by atoms with Crippen LogP contribution in [-0.4, -0.2) is 0 Å². The summed E-state index contributed by atoms with van der Waals surface area (Å²) in [6, 6.07) is 76.1. The highest BCUT2D eigenvalue weighted by atomic mass is 31.2. The number of fused-ring (bicyclic) bond motifs is 4. The van der Waals surface area contributed by atoms with E-state index in [2.05, 4.69) is 78.9 Å². The van der Waals surface area contributed by atoms with Crippen molar-refractivity contribution >= 4 is 46.1 Å². The minimum atomic E-state index is -3.77. The van der Waals surface area contributed by atoms with E-state index in [1.807, 2.05) is 72.8 Å². The lowest BCUT2D eigenvalue weighted by Gasteiger charge is -2.29. The molecule has 0 bridgehead atoms. The normalized spacial score (nSPS) is 13.3. The van der Waals surface area contributed by atoms with Gasteiger partial charge in [-0.15, -0.1) is 0 Å². The third kappa shape index (κ3) is 8.56. The fourth-order valence-electron chi connectivity index (χ4n) is 10.3. The first kappa shape index (κ1) is 48.2. The monoisotopic (exact) mass is 1040 g/mol. The zero-order valence-electron chi connectivity index (χ0n) is 40.3. The molecule has 0 unspecified atom stereocenters. The summed E-state index contributed by atoms with van der Waals surface area (Å²) in [6.45, 7) is 0. The minimum Gasteiger partial charge on any atom is -0.456 e. The van der Waals surface area contributed by atoms with Crippen LogP contribution < -0.4 is 41.3 Å². The van der Waals surface area contributed by atoms with Crippen molar-refractivity contribution in [2.45, 2.75) is 0 Å². The Hall–Kier alpha value is -8.80. The molecule has 0 atom stereocenters. The molecule has 11 aromatic rings. The molecule has 2 aliphatic rings. The van der Waals surface area contributed by atoms with Gasteiger partial charge in [0.25, 0.3) is 0 Å². The lowest BCUT2D eigenvalue weighted by atomic mass is 9.79. The van der Waals surface area contributed by atoms with Crippen molar-refractivity contribution in [2.24, 2.45) is 0 Å². The maximum Gasteiger partial charge on any atom is 0.178 e. The van der Waals surface area contributed by atoms with E-state index in [9.17, 15) is 22.1 Å². The SMILES string of the molecule is O=P1(c2ccc(-c3c(-c4ccccc4)c(-c4ccccc4)cc(-c4ccccc4)c3-c3ccccc3)cc2)c2cc(F)ccc2Oc2ccc(F)cc21.O=P1(c2ccccc2)c2cc(F)ccc2Oc2ccc(F)cc21. The van der Waals surface area contributed by atoms with Gasteiger partial charge in [0.1, 0.15) is 46.3 Å². The Balaban J connectivity index is 0.000000210. The topological polar surface area (TPSA) is 52.6 Å². The van der Waals surface area contributed by atoms with E-state index in [0.29, 0.717) is 33.6 Å². The number of rotatable bonds is 7. The van der Waals surface area contributed by atoms with Gasteiger partial charge in [0.2, 0.25) is 0 Å². The van der Waals surface area contributed by atoms with Crippen molar-refractivity contribution in [3.8, 4) is 78.6 Å². The highest BCUT2D eigenvalue weighted by molar-refractivity contribution is 7.86. The Morgan fingerprint density at radius 1 is 0.263 bits per heavy atom. The number of benzene rings is 11. The van der Waals surface area contributed by atoms with Gasteiger partial charge in [-0.1, -0.05) is 176 Å². The van der Waals surface area contributed by atoms with Crippen LogP contribution in [0.2, 0.25) is 0 Å². The third-order valence-electron chi connectivity index (χ3n) is 13.7. The summed E-state index contributed by atoms with van der Waals surface area (Å²) < 4.78 is 98.3. The van der Waals surface area contributed by atoms with Crippen molar-refractivity contribution in [1.29, 1.82) is 0 Å². The zero-order chi connectivity index (χ0) is 52.0. The Morgan fingerprint density at radius 2 is 0.539 bits per heavy atom. The Bertz CT molecular complexity index is 3870. The van der Waals surface area contributed by atoms with E-state index < -0.39 is 37.6 Å². The van der Waals surface area contributed by atoms with Gasteiger partial charge < -0.3 is 18.6 Å². The lowest BCUT2D eigenvalue weighted by molar-refractivity contribution is 0.481. The predicted octanol–water partition coefficient (Wildman–Crippen LogP) is 15.8. The standard InChI is InChI=1S/C48H31F2O2P.C18H11F2O2P/c49-37-23-27-42-44(29-37)53(51,45-30-38(50)24-28-43(45)52-42)39-25-21-36(22-26-39)48-46(34-17-9-3-10-18-34)40(32-13-5-1-6-14-32)31-41(33-15-7-2-8-16-33)47(48)35-19-11-4-12-20-35;19-12-6-8-15-17(10-12)23(21,14-4-2-1-3-5-14)18-11-13(20)7-9-16(18)22-15/h1-31H;1-11H. The maximum atomic E-state index is 15.5. The molecule has 13 rings (SSSR count). The zero-order valence-corrected chi connectivity index (χ0v) is 42.1. The molecule has 2 aliphatic heterocycles. The average molecular weight is 1040 g/mol. The molecule has 4 nitrogen and oxygen atoms in total. The van der Waals surface area contributed by atoms with Gasteiger partial charge in [-0.05, 0) is 134 Å². The molecule has 0 radical (unpaired) electrons. The van der Waals surface area contributed by atoms with Gasteiger partial charge in [-0.2, -0.15) is 0 Å². The van der Waals surface area contributed by atoms with Gasteiger partial charge in [0.05, 0.1) is 21.2 Å². The summed E-state index contributed by atoms with van der Waals surface area (Å²) in [5.41, 5.74) is 10.4. The van der Waals surface area contributed by atoms with Gasteiger partial charge in [0.15, 0.2) is 14.3 Å². The van der Waals surface area contributed by atoms with E-state index in [1.54, 1.807) is 30.3 Å². The second kappa shape index (κ2) is 19.8. The molecular weight excluding hydrogens is 995 g/mol. The summed E-state index contributed by atoms with van der Waals surface area (Å²) in [7, 11) is -7.18. The van der Waals surface area contributed by atoms with Crippen molar-refractivity contribution < 1.29 is 36.2 Å². The fourth-order valence-corrected chi connectivity index (χ4v) is 16.0. The van der Waals surface area contributed by atoms with E-state index >= 15 is 4.57 Å². The van der Waals surface area contributed by atoms with Gasteiger partial charge in [0, 0.05) is 10.6 Å². The largest absolute Gasteiger partial charge is 0.456 e. The van der Waals surface area contributed by atoms with Crippen molar-refractivity contribution in [2.75, 3.05) is 0 Å². The number of halogens is 4. The summed E-state index contributed by atoms with van der Waals surface area (Å²) in [4.78, 5) is 0. The molecule has 0 saturated heterocycles. The molecule has 0 aromatic heterocycles. The molecule has 10 heteroatoms. The van der Waals surface area contributed by atoms with Crippen LogP contribution in [0.3, 0.4) is 0 Å². The summed E-state index contributed by atoms with van der Waals surface area (Å²) in [5.74, 6) is -0.870. The Kier molecular flexibility index (Phi) is 12.6. The van der Waals surface area contributed by atoms with E-state index in [1.165, 1.54) is 72.8 Å². The van der Waals surface area contributed by atoms with E-state index in [-0.39, 0.29) is 21.2 Å². The molecule has 0 spiro atoms. The average Bonchev–Trinajstić information content (AvgIpc) is 3.48. The molecule has 11 aromatic carbocycles. The second-order valence-corrected chi connectivity index (χ2v) is 23.7. The first-order valence-electron chi connectivity index (χ1n) is 24.4. The smallest absolute Gasteiger partial charge is 0.178 e. The van der Waals surface area contributed by atoms with Crippen LogP contribution in [0.1, 0.15) is 0 Å². The molecule has 0 aliphatic carbocycles. The molecule has 368 valence electrons. The van der Waals surface area contributed by atoms with E-state index in [4.69, 9.17) is 9.47 Å². The summed E-state index contributed by atoms with van der Waals surface area (Å²) >= 11 is 0. The molecule has 0 N–H and O–H groups in total. The third-order valence-corrected chi connectivity index (χ3v) is 19.9. The molecule has 0 amide bonds. The van der Waals surface area contributed by atoms with Crippen LogP contribution >= 0.6 is 14.3 Å². The highest BCUT2D eigenvalue weighted by Gasteiger charge is 2.41. The molecule has 0 fully saturated rings. The molecular formula is C66H42F4O4P2. The van der Waals surface area contributed by atoms with Crippen LogP contribution in [0.25, 0.3) is 55.6 Å². The van der Waals surface area contributed by atoms with Crippen LogP contribution in [0, 0.1) is 23.3 Å². The number of hydrogen-bond donors (Lipinski definition) is 0. The van der Waals surface area contributed by atoms with Crippen molar-refractivity contribution in [3.63, 3.8) is 0 Å². The summed E-state index contributed by atoms with van der Waals surface area (Å²) in [5, 5.41) is 1.88. The fraction of sp³-hybridized carbons (Fsp3) is 0. The maximum absolute atomic E-state index is 15.5. The lowest BCUT2D eigenvalue weighted by Crippen LogP contribution is -2.31. The van der Waals surface area contributed by atoms with E-state index in [0.717, 1.165) is 55.6 Å². The summed E-state index contributed by atoms with van der Waals surface area (Å²) in [6.07, 6.45) is 0. The van der Waals surface area contributed by atoms with Crippen molar-refractivity contribution in [3.05, 3.63) is 278 Å². The van der Waals surface area contributed by atoms with Crippen LogP contribution in [0.15, 0.2) is 255 Å². The first-order valence-corrected chi connectivity index (χ1v) is 27.8. The van der Waals surface area contributed by atoms with Gasteiger partial charge in [-0.3, -0.25) is 0 Å². The highest BCUT2D eigenvalue weighted by Crippen LogP contribution is 2.55. The van der Waals surface area contributed by atoms with Gasteiger partial charge in [-0.25, -0.2) is 17.6 Å². The van der Waals surface area contributed by atoms with Crippen LogP contribution in [0.5, 0.6) is 23.0 Å². The Labute approximate surface area is 436 Å². The number of ether oxygens (including phenoxy) is 2. The second-order valence-electron chi connectivity index (χ2n) is 18.3. The van der Waals surface area contributed by atoms with Gasteiger partial charge >= 0.3 is 0 Å². The minimum absolute atomic E-state index is 0.204. The quantitative estimate of drug-likeness (QED) is 0.118. The Morgan fingerprint density at radius 3 is 0.868 bits per heavy atom. The van der Waals surface area contributed by atoms with Crippen molar-refractivity contribution in [1.82, 2.24) is 0 Å². The predicted molar refractivity (Wildman–Crippen MR) is 299 cm³/mol. The molecule has 0 saturated carbocycles. The first-order chi connectivity index (χ1) is 37.1. The molecule has 2 heterocycles. The van der Waals surface area contributed by atoms with Crippen LogP contribution in [-0.2, 0) is 9.13 Å².